The summed E-state index contributed by atoms with van der Waals surface area (Å²) in [6, 6.07) is 2.00. The smallest absolute Gasteiger partial charge is 0.0939 e. The minimum atomic E-state index is 0.137. The third-order valence-electron chi connectivity index (χ3n) is 1.57. The average molecular weight is 180 g/mol. The van der Waals surface area contributed by atoms with Gasteiger partial charge in [0.2, 0.25) is 0 Å². The van der Waals surface area contributed by atoms with Crippen molar-refractivity contribution in [2.24, 2.45) is 5.41 Å². The average Bonchev–Trinajstić information content (AvgIpc) is 2.35. The van der Waals surface area contributed by atoms with E-state index in [0.717, 1.165) is 5.03 Å². The van der Waals surface area contributed by atoms with Crippen LogP contribution in [0.15, 0.2) is 22.2 Å². The lowest BCUT2D eigenvalue weighted by atomic mass is 9.93. The van der Waals surface area contributed by atoms with Crippen LogP contribution in [0.2, 0.25) is 0 Å². The maximum Gasteiger partial charge on any atom is 0.0939 e. The highest BCUT2D eigenvalue weighted by Crippen LogP contribution is 2.34. The van der Waals surface area contributed by atoms with Crippen LogP contribution in [0, 0.1) is 16.7 Å². The summed E-state index contributed by atoms with van der Waals surface area (Å²) < 4.78 is 0. The Labute approximate surface area is 77.3 Å². The molecule has 0 aromatic rings. The summed E-state index contributed by atoms with van der Waals surface area (Å²) in [5, 5.41) is 14.6. The van der Waals surface area contributed by atoms with Crippen LogP contribution in [0.25, 0.3) is 0 Å². The van der Waals surface area contributed by atoms with E-state index in [-0.39, 0.29) is 5.41 Å². The summed E-state index contributed by atoms with van der Waals surface area (Å²) in [7, 11) is 0. The van der Waals surface area contributed by atoms with Crippen LogP contribution in [-0.4, -0.2) is 0 Å². The number of hydrogen-bond acceptors (Lipinski definition) is 3. The van der Waals surface area contributed by atoms with Crippen molar-refractivity contribution in [1.82, 2.24) is 5.32 Å². The molecule has 0 aliphatic carbocycles. The van der Waals surface area contributed by atoms with E-state index in [2.05, 4.69) is 31.5 Å². The first-order valence-electron chi connectivity index (χ1n) is 3.78. The SMILES string of the molecule is CC(C)(C)C1=CS/C(=C\C#N)N1. The molecule has 1 rings (SSSR count). The highest BCUT2D eigenvalue weighted by atomic mass is 32.2. The zero-order chi connectivity index (χ0) is 9.19. The first-order valence-corrected chi connectivity index (χ1v) is 4.66. The van der Waals surface area contributed by atoms with Gasteiger partial charge in [0, 0.05) is 17.2 Å². The van der Waals surface area contributed by atoms with Gasteiger partial charge >= 0.3 is 0 Å². The van der Waals surface area contributed by atoms with Crippen LogP contribution in [0.4, 0.5) is 0 Å². The predicted octanol–water partition coefficient (Wildman–Crippen LogP) is 2.58. The van der Waals surface area contributed by atoms with Crippen LogP contribution in [0.3, 0.4) is 0 Å². The molecule has 1 heterocycles. The lowest BCUT2D eigenvalue weighted by Gasteiger charge is -2.20. The summed E-state index contributed by atoms with van der Waals surface area (Å²) in [4.78, 5) is 0. The largest absolute Gasteiger partial charge is 0.352 e. The number of nitrogens with zero attached hydrogens (tertiary/aromatic N) is 1. The number of nitrogens with one attached hydrogen (secondary N) is 1. The molecule has 0 amide bonds. The molecule has 0 unspecified atom stereocenters. The second-order valence-corrected chi connectivity index (χ2v) is 4.57. The van der Waals surface area contributed by atoms with Crippen LogP contribution in [0.5, 0.6) is 0 Å². The maximum absolute atomic E-state index is 8.41. The Morgan fingerprint density at radius 2 is 2.25 bits per heavy atom. The topological polar surface area (TPSA) is 35.8 Å². The third kappa shape index (κ3) is 2.05. The predicted molar refractivity (Wildman–Crippen MR) is 52.0 cm³/mol. The van der Waals surface area contributed by atoms with Crippen LogP contribution in [-0.2, 0) is 0 Å². The van der Waals surface area contributed by atoms with E-state index in [1.165, 1.54) is 11.8 Å². The molecule has 0 atom stereocenters. The van der Waals surface area contributed by atoms with Gasteiger partial charge in [-0.3, -0.25) is 0 Å². The van der Waals surface area contributed by atoms with Gasteiger partial charge in [0.05, 0.1) is 11.1 Å². The Hall–Kier alpha value is -0.880. The van der Waals surface area contributed by atoms with E-state index < -0.39 is 0 Å². The van der Waals surface area contributed by atoms with Crippen molar-refractivity contribution in [2.75, 3.05) is 0 Å². The Bertz CT molecular complexity index is 276. The van der Waals surface area contributed by atoms with Crippen LogP contribution >= 0.6 is 11.8 Å². The molecule has 0 spiro atoms. The van der Waals surface area contributed by atoms with Crippen molar-refractivity contribution < 1.29 is 0 Å². The fourth-order valence-electron chi connectivity index (χ4n) is 0.807. The second kappa shape index (κ2) is 3.24. The maximum atomic E-state index is 8.41. The monoisotopic (exact) mass is 180 g/mol. The third-order valence-corrected chi connectivity index (χ3v) is 2.39. The van der Waals surface area contributed by atoms with E-state index in [4.69, 9.17) is 5.26 Å². The van der Waals surface area contributed by atoms with E-state index in [9.17, 15) is 0 Å². The molecule has 1 aliphatic heterocycles. The minimum absolute atomic E-state index is 0.137. The van der Waals surface area contributed by atoms with E-state index >= 15 is 0 Å². The molecule has 0 saturated carbocycles. The fraction of sp³-hybridized carbons (Fsp3) is 0.444. The Morgan fingerprint density at radius 3 is 2.67 bits per heavy atom. The molecule has 2 nitrogen and oxygen atoms in total. The van der Waals surface area contributed by atoms with E-state index in [1.807, 2.05) is 6.07 Å². The number of thioether (sulfide) groups is 1. The Morgan fingerprint density at radius 1 is 1.58 bits per heavy atom. The lowest BCUT2D eigenvalue weighted by Crippen LogP contribution is -2.19. The number of nitriles is 1. The number of allylic oxidation sites excluding steroid dienone is 2. The number of rotatable bonds is 0. The second-order valence-electron chi connectivity index (χ2n) is 3.66. The van der Waals surface area contributed by atoms with Crippen molar-refractivity contribution in [3.63, 3.8) is 0 Å². The summed E-state index contributed by atoms with van der Waals surface area (Å²) in [6.07, 6.45) is 1.53. The van der Waals surface area contributed by atoms with Gasteiger partial charge in [-0.1, -0.05) is 32.5 Å². The van der Waals surface area contributed by atoms with Crippen LogP contribution < -0.4 is 5.32 Å². The first-order chi connectivity index (χ1) is 5.54. The van der Waals surface area contributed by atoms with Crippen LogP contribution in [0.1, 0.15) is 20.8 Å². The molecular formula is C9H12N2S. The van der Waals surface area contributed by atoms with Crippen molar-refractivity contribution in [3.8, 4) is 6.07 Å². The molecule has 0 aromatic carbocycles. The molecular weight excluding hydrogens is 168 g/mol. The molecule has 12 heavy (non-hydrogen) atoms. The molecule has 3 heteroatoms. The summed E-state index contributed by atoms with van der Waals surface area (Å²) in [5.41, 5.74) is 1.31. The molecule has 0 bridgehead atoms. The number of hydrogen-bond donors (Lipinski definition) is 1. The van der Waals surface area contributed by atoms with Crippen molar-refractivity contribution in [1.29, 1.82) is 5.26 Å². The molecule has 64 valence electrons. The first kappa shape index (κ1) is 9.21. The van der Waals surface area contributed by atoms with Gasteiger partial charge in [0.25, 0.3) is 0 Å². The van der Waals surface area contributed by atoms with Gasteiger partial charge in [-0.15, -0.1) is 0 Å². The summed E-state index contributed by atoms with van der Waals surface area (Å²) >= 11 is 1.57. The summed E-state index contributed by atoms with van der Waals surface area (Å²) in [5.74, 6) is 0. The zero-order valence-electron chi connectivity index (χ0n) is 7.51. The van der Waals surface area contributed by atoms with Gasteiger partial charge in [-0.05, 0) is 5.41 Å². The van der Waals surface area contributed by atoms with Crippen molar-refractivity contribution >= 4 is 11.8 Å². The molecule has 0 fully saturated rings. The van der Waals surface area contributed by atoms with Crippen molar-refractivity contribution in [3.05, 3.63) is 22.2 Å². The van der Waals surface area contributed by atoms with Gasteiger partial charge in [0.1, 0.15) is 0 Å². The van der Waals surface area contributed by atoms with Crippen molar-refractivity contribution in [2.45, 2.75) is 20.8 Å². The Kier molecular flexibility index (Phi) is 2.49. The molecule has 1 aliphatic rings. The fourth-order valence-corrected chi connectivity index (χ4v) is 1.75. The van der Waals surface area contributed by atoms with E-state index in [0.29, 0.717) is 0 Å². The van der Waals surface area contributed by atoms with Gasteiger partial charge in [-0.2, -0.15) is 5.26 Å². The zero-order valence-corrected chi connectivity index (χ0v) is 8.33. The molecule has 1 N–H and O–H groups in total. The van der Waals surface area contributed by atoms with Gasteiger partial charge < -0.3 is 5.32 Å². The minimum Gasteiger partial charge on any atom is -0.352 e. The van der Waals surface area contributed by atoms with Gasteiger partial charge in [-0.25, -0.2) is 0 Å². The Balaban J connectivity index is 2.68. The van der Waals surface area contributed by atoms with E-state index in [1.54, 1.807) is 11.8 Å². The molecule has 0 aromatic heterocycles. The highest BCUT2D eigenvalue weighted by Gasteiger charge is 2.21. The lowest BCUT2D eigenvalue weighted by molar-refractivity contribution is 0.481. The van der Waals surface area contributed by atoms with Gasteiger partial charge in [0.15, 0.2) is 0 Å². The molecule has 0 radical (unpaired) electrons. The normalized spacial score (nSPS) is 20.2. The summed E-state index contributed by atoms with van der Waals surface area (Å²) in [6.45, 7) is 6.42. The quantitative estimate of drug-likeness (QED) is 0.582. The molecule has 0 saturated heterocycles. The standard InChI is InChI=1S/C9H12N2S/c1-9(2,3)7-6-12-8(11-7)4-5-10/h4,6,11H,1-3H3/b8-4-. The highest BCUT2D eigenvalue weighted by molar-refractivity contribution is 8.06.